The lowest BCUT2D eigenvalue weighted by molar-refractivity contribution is -0.384. The van der Waals surface area contributed by atoms with Crippen molar-refractivity contribution in [2.75, 3.05) is 0 Å². The highest BCUT2D eigenvalue weighted by Crippen LogP contribution is 2.18. The summed E-state index contributed by atoms with van der Waals surface area (Å²) in [5.41, 5.74) is 2.36. The molecule has 0 amide bonds. The molecule has 0 atom stereocenters. The molecule has 0 unspecified atom stereocenters. The molecule has 2 aromatic heterocycles. The van der Waals surface area contributed by atoms with Crippen molar-refractivity contribution in [2.45, 2.75) is 0 Å². The third-order valence-electron chi connectivity index (χ3n) is 2.84. The van der Waals surface area contributed by atoms with Crippen molar-refractivity contribution < 1.29 is 4.92 Å². The Morgan fingerprint density at radius 3 is 2.45 bits per heavy atom. The monoisotopic (exact) mass is 266 g/mol. The summed E-state index contributed by atoms with van der Waals surface area (Å²) in [5.74, 6) is 0. The van der Waals surface area contributed by atoms with Gasteiger partial charge in [-0.3, -0.25) is 15.1 Å². The standard InChI is InChI=1S/C14H10N4O2/c19-18(20)12-6-4-11(5-7-12)17-10-8-14(16-17)13-3-1-2-9-15-13/h1-10H. The summed E-state index contributed by atoms with van der Waals surface area (Å²) in [6, 6.07) is 13.7. The highest BCUT2D eigenvalue weighted by atomic mass is 16.6. The van der Waals surface area contributed by atoms with E-state index in [4.69, 9.17) is 0 Å². The van der Waals surface area contributed by atoms with Gasteiger partial charge in [0, 0.05) is 24.5 Å². The van der Waals surface area contributed by atoms with Crippen LogP contribution in [0.3, 0.4) is 0 Å². The third-order valence-corrected chi connectivity index (χ3v) is 2.84. The van der Waals surface area contributed by atoms with Gasteiger partial charge in [0.15, 0.2) is 0 Å². The highest BCUT2D eigenvalue weighted by molar-refractivity contribution is 5.53. The van der Waals surface area contributed by atoms with Crippen molar-refractivity contribution in [1.29, 1.82) is 0 Å². The molecular formula is C14H10N4O2. The summed E-state index contributed by atoms with van der Waals surface area (Å²) in [7, 11) is 0. The van der Waals surface area contributed by atoms with Crippen molar-refractivity contribution in [3.8, 4) is 17.1 Å². The molecular weight excluding hydrogens is 256 g/mol. The van der Waals surface area contributed by atoms with Gasteiger partial charge in [-0.25, -0.2) is 4.68 Å². The van der Waals surface area contributed by atoms with Gasteiger partial charge in [-0.15, -0.1) is 0 Å². The quantitative estimate of drug-likeness (QED) is 0.539. The summed E-state index contributed by atoms with van der Waals surface area (Å²) in [5, 5.41) is 15.0. The number of nitrogens with zero attached hydrogens (tertiary/aromatic N) is 4. The first-order valence-corrected chi connectivity index (χ1v) is 5.96. The minimum Gasteiger partial charge on any atom is -0.258 e. The number of aromatic nitrogens is 3. The van der Waals surface area contributed by atoms with Crippen LogP contribution in [0.5, 0.6) is 0 Å². The van der Waals surface area contributed by atoms with E-state index in [0.717, 1.165) is 17.1 Å². The van der Waals surface area contributed by atoms with Crippen molar-refractivity contribution in [3.63, 3.8) is 0 Å². The Hall–Kier alpha value is -3.02. The van der Waals surface area contributed by atoms with Crippen LogP contribution >= 0.6 is 0 Å². The number of non-ortho nitro benzene ring substituents is 1. The zero-order valence-corrected chi connectivity index (χ0v) is 10.4. The van der Waals surface area contributed by atoms with Crippen LogP contribution in [-0.4, -0.2) is 19.7 Å². The lowest BCUT2D eigenvalue weighted by atomic mass is 10.3. The fourth-order valence-corrected chi connectivity index (χ4v) is 1.85. The molecule has 0 aliphatic carbocycles. The molecule has 0 radical (unpaired) electrons. The van der Waals surface area contributed by atoms with Gasteiger partial charge in [0.2, 0.25) is 0 Å². The fraction of sp³-hybridized carbons (Fsp3) is 0. The van der Waals surface area contributed by atoms with Crippen LogP contribution < -0.4 is 0 Å². The SMILES string of the molecule is O=[N+]([O-])c1ccc(-n2ccc(-c3ccccn3)n2)cc1. The fourth-order valence-electron chi connectivity index (χ4n) is 1.85. The molecule has 3 rings (SSSR count). The maximum Gasteiger partial charge on any atom is 0.269 e. The number of nitro groups is 1. The van der Waals surface area contributed by atoms with Gasteiger partial charge in [-0.1, -0.05) is 6.07 Å². The van der Waals surface area contributed by atoms with Crippen molar-refractivity contribution in [3.05, 3.63) is 71.0 Å². The summed E-state index contributed by atoms with van der Waals surface area (Å²) in [4.78, 5) is 14.4. The van der Waals surface area contributed by atoms with Crippen LogP contribution in [0.15, 0.2) is 60.9 Å². The maximum absolute atomic E-state index is 10.6. The minimum absolute atomic E-state index is 0.0610. The lowest BCUT2D eigenvalue weighted by Gasteiger charge is -2.00. The Balaban J connectivity index is 1.92. The first kappa shape index (κ1) is 12.0. The first-order chi connectivity index (χ1) is 9.74. The number of nitro benzene ring substituents is 1. The van der Waals surface area contributed by atoms with Crippen LogP contribution in [0.25, 0.3) is 17.1 Å². The number of benzene rings is 1. The third kappa shape index (κ3) is 2.26. The Morgan fingerprint density at radius 1 is 1.00 bits per heavy atom. The van der Waals surface area contributed by atoms with E-state index in [9.17, 15) is 10.1 Å². The minimum atomic E-state index is -0.424. The molecule has 6 nitrogen and oxygen atoms in total. The van der Waals surface area contributed by atoms with E-state index in [2.05, 4.69) is 10.1 Å². The molecule has 3 aromatic rings. The molecule has 0 spiro atoms. The topological polar surface area (TPSA) is 73.8 Å². The molecule has 6 heteroatoms. The average molecular weight is 266 g/mol. The zero-order valence-electron chi connectivity index (χ0n) is 10.4. The van der Waals surface area contributed by atoms with E-state index in [-0.39, 0.29) is 5.69 Å². The Labute approximate surface area is 114 Å². The summed E-state index contributed by atoms with van der Waals surface area (Å²) >= 11 is 0. The highest BCUT2D eigenvalue weighted by Gasteiger charge is 2.07. The largest absolute Gasteiger partial charge is 0.269 e. The van der Waals surface area contributed by atoms with Gasteiger partial charge in [-0.2, -0.15) is 5.10 Å². The number of hydrogen-bond donors (Lipinski definition) is 0. The number of rotatable bonds is 3. The van der Waals surface area contributed by atoms with Gasteiger partial charge >= 0.3 is 0 Å². The van der Waals surface area contributed by atoms with E-state index in [1.807, 2.05) is 24.3 Å². The smallest absolute Gasteiger partial charge is 0.258 e. The summed E-state index contributed by atoms with van der Waals surface area (Å²) < 4.78 is 1.66. The van der Waals surface area contributed by atoms with Gasteiger partial charge in [0.05, 0.1) is 16.3 Å². The molecule has 0 fully saturated rings. The molecule has 0 saturated heterocycles. The summed E-state index contributed by atoms with van der Waals surface area (Å²) in [6.07, 6.45) is 3.51. The maximum atomic E-state index is 10.6. The molecule has 2 heterocycles. The van der Waals surface area contributed by atoms with E-state index >= 15 is 0 Å². The van der Waals surface area contributed by atoms with Crippen LogP contribution in [0, 0.1) is 10.1 Å². The molecule has 0 aliphatic rings. The van der Waals surface area contributed by atoms with Gasteiger partial charge in [-0.05, 0) is 30.3 Å². The van der Waals surface area contributed by atoms with Crippen molar-refractivity contribution >= 4 is 5.69 Å². The molecule has 0 N–H and O–H groups in total. The first-order valence-electron chi connectivity index (χ1n) is 5.96. The average Bonchev–Trinajstić information content (AvgIpc) is 2.98. The molecule has 0 bridgehead atoms. The normalized spacial score (nSPS) is 10.4. The predicted octanol–water partition coefficient (Wildman–Crippen LogP) is 2.84. The second kappa shape index (κ2) is 4.93. The number of pyridine rings is 1. The zero-order chi connectivity index (χ0) is 13.9. The second-order valence-electron chi connectivity index (χ2n) is 4.13. The van der Waals surface area contributed by atoms with Crippen LogP contribution in [-0.2, 0) is 0 Å². The Bertz CT molecular complexity index is 735. The molecule has 98 valence electrons. The van der Waals surface area contributed by atoms with Crippen molar-refractivity contribution in [2.24, 2.45) is 0 Å². The van der Waals surface area contributed by atoms with E-state index in [1.165, 1.54) is 12.1 Å². The Morgan fingerprint density at radius 2 is 1.80 bits per heavy atom. The van der Waals surface area contributed by atoms with Crippen LogP contribution in [0.1, 0.15) is 0 Å². The van der Waals surface area contributed by atoms with Gasteiger partial charge in [0.25, 0.3) is 5.69 Å². The summed E-state index contributed by atoms with van der Waals surface area (Å²) in [6.45, 7) is 0. The van der Waals surface area contributed by atoms with E-state index in [1.54, 1.807) is 29.2 Å². The number of hydrogen-bond acceptors (Lipinski definition) is 4. The molecule has 0 saturated carbocycles. The predicted molar refractivity (Wildman–Crippen MR) is 73.4 cm³/mol. The van der Waals surface area contributed by atoms with Crippen LogP contribution in [0.4, 0.5) is 5.69 Å². The molecule has 0 aliphatic heterocycles. The van der Waals surface area contributed by atoms with Crippen molar-refractivity contribution in [1.82, 2.24) is 14.8 Å². The van der Waals surface area contributed by atoms with Gasteiger partial charge in [0.1, 0.15) is 5.69 Å². The lowest BCUT2D eigenvalue weighted by Crippen LogP contribution is -1.96. The van der Waals surface area contributed by atoms with Gasteiger partial charge < -0.3 is 0 Å². The second-order valence-corrected chi connectivity index (χ2v) is 4.13. The molecule has 20 heavy (non-hydrogen) atoms. The van der Waals surface area contributed by atoms with E-state index < -0.39 is 4.92 Å². The van der Waals surface area contributed by atoms with Crippen LogP contribution in [0.2, 0.25) is 0 Å². The van der Waals surface area contributed by atoms with E-state index in [0.29, 0.717) is 0 Å². The Kier molecular flexibility index (Phi) is 2.96. The molecule has 1 aromatic carbocycles.